The first-order chi connectivity index (χ1) is 5.09. The van der Waals surface area contributed by atoms with E-state index in [2.05, 4.69) is 18.3 Å². The number of hydrogen-bond donors (Lipinski definition) is 0. The van der Waals surface area contributed by atoms with Gasteiger partial charge in [0.15, 0.2) is 0 Å². The van der Waals surface area contributed by atoms with Gasteiger partial charge >= 0.3 is 0 Å². The van der Waals surface area contributed by atoms with Gasteiger partial charge < -0.3 is 0 Å². The van der Waals surface area contributed by atoms with Crippen LogP contribution in [0.1, 0.15) is 34.6 Å². The van der Waals surface area contributed by atoms with Crippen molar-refractivity contribution in [3.63, 3.8) is 0 Å². The van der Waals surface area contributed by atoms with Crippen LogP contribution in [-0.4, -0.2) is 6.72 Å². The average molecular weight is 153 g/mol. The van der Waals surface area contributed by atoms with Gasteiger partial charge in [-0.05, 0) is 33.1 Å². The zero-order valence-electron chi connectivity index (χ0n) is 8.36. The first-order valence-corrected chi connectivity index (χ1v) is 3.89. The molecule has 11 heavy (non-hydrogen) atoms. The topological polar surface area (TPSA) is 12.4 Å². The summed E-state index contributed by atoms with van der Waals surface area (Å²) in [6, 6.07) is 0. The molecule has 64 valence electrons. The molecule has 0 aliphatic carbocycles. The summed E-state index contributed by atoms with van der Waals surface area (Å²) in [6.07, 6.45) is 0. The molecule has 0 atom stereocenters. The average Bonchev–Trinajstić information content (AvgIpc) is 2.05. The molecule has 0 aromatic heterocycles. The lowest BCUT2D eigenvalue weighted by Gasteiger charge is -1.99. The van der Waals surface area contributed by atoms with Crippen molar-refractivity contribution < 1.29 is 0 Å². The minimum absolute atomic E-state index is 0.961. The summed E-state index contributed by atoms with van der Waals surface area (Å²) in [6.45, 7) is 17.1. The lowest BCUT2D eigenvalue weighted by molar-refractivity contribution is 1.20. The molecule has 0 N–H and O–H groups in total. The predicted octanol–water partition coefficient (Wildman–Crippen LogP) is 3.58. The molecule has 0 saturated carbocycles. The Kier molecular flexibility index (Phi) is 8.44. The van der Waals surface area contributed by atoms with E-state index in [1.165, 1.54) is 0 Å². The molecule has 0 fully saturated rings. The first-order valence-electron chi connectivity index (χ1n) is 3.89. The van der Waals surface area contributed by atoms with Gasteiger partial charge in [-0.1, -0.05) is 26.0 Å². The van der Waals surface area contributed by atoms with Gasteiger partial charge in [-0.25, -0.2) is 0 Å². The Morgan fingerprint density at radius 3 is 1.55 bits per heavy atom. The van der Waals surface area contributed by atoms with Crippen LogP contribution in [0.4, 0.5) is 0 Å². The Balaban J connectivity index is 0. The van der Waals surface area contributed by atoms with Gasteiger partial charge in [0, 0.05) is 5.70 Å². The maximum absolute atomic E-state index is 3.78. The predicted molar refractivity (Wildman–Crippen MR) is 54.1 cm³/mol. The summed E-state index contributed by atoms with van der Waals surface area (Å²) in [7, 11) is 0. The van der Waals surface area contributed by atoms with Crippen LogP contribution in [0.15, 0.2) is 28.4 Å². The van der Waals surface area contributed by atoms with E-state index in [9.17, 15) is 0 Å². The molecule has 1 heteroatoms. The van der Waals surface area contributed by atoms with Crippen LogP contribution >= 0.6 is 0 Å². The molecule has 0 bridgehead atoms. The van der Waals surface area contributed by atoms with E-state index < -0.39 is 0 Å². The highest BCUT2D eigenvalue weighted by Crippen LogP contribution is 2.11. The molecule has 0 heterocycles. The second-order valence-electron chi connectivity index (χ2n) is 2.15. The normalized spacial score (nSPS) is 10.6. The number of nitrogens with zero attached hydrogens (tertiary/aromatic N) is 1. The summed E-state index contributed by atoms with van der Waals surface area (Å²) in [5, 5.41) is 0. The minimum atomic E-state index is 0.961. The molecule has 1 nitrogen and oxygen atoms in total. The van der Waals surface area contributed by atoms with Crippen molar-refractivity contribution >= 4 is 6.72 Å². The second-order valence-corrected chi connectivity index (χ2v) is 2.15. The third-order valence-corrected chi connectivity index (χ3v) is 1.42. The largest absolute Gasteiger partial charge is 0.269 e. The quantitative estimate of drug-likeness (QED) is 0.424. The van der Waals surface area contributed by atoms with Gasteiger partial charge in [-0.15, -0.1) is 0 Å². The van der Waals surface area contributed by atoms with Gasteiger partial charge in [0.25, 0.3) is 0 Å². The van der Waals surface area contributed by atoms with Gasteiger partial charge in [-0.2, -0.15) is 0 Å². The molecule has 0 aromatic carbocycles. The standard InChI is InChI=1S/C8H13N.C2H6/c1-6(2)7(3)8(4)9-5;1-2/h1,5H2,2-4H3;1-2H3/b8-7+;. The molecule has 0 aliphatic rings. The van der Waals surface area contributed by atoms with Gasteiger partial charge in [0.2, 0.25) is 0 Å². The van der Waals surface area contributed by atoms with E-state index in [-0.39, 0.29) is 0 Å². The van der Waals surface area contributed by atoms with Crippen LogP contribution in [0.25, 0.3) is 0 Å². The number of hydrogen-bond acceptors (Lipinski definition) is 1. The minimum Gasteiger partial charge on any atom is -0.269 e. The smallest absolute Gasteiger partial charge is 0.0396 e. The fraction of sp³-hybridized carbons (Fsp3) is 0.500. The number of rotatable bonds is 2. The van der Waals surface area contributed by atoms with Gasteiger partial charge in [0.1, 0.15) is 0 Å². The summed E-state index contributed by atoms with van der Waals surface area (Å²) >= 11 is 0. The molecule has 0 radical (unpaired) electrons. The maximum Gasteiger partial charge on any atom is 0.0396 e. The van der Waals surface area contributed by atoms with E-state index in [1.807, 2.05) is 34.6 Å². The zero-order chi connectivity index (χ0) is 9.44. The molecule has 0 aromatic rings. The Hall–Kier alpha value is -0.850. The van der Waals surface area contributed by atoms with Crippen molar-refractivity contribution in [2.45, 2.75) is 34.6 Å². The van der Waals surface area contributed by atoms with Crippen LogP contribution in [-0.2, 0) is 0 Å². The maximum atomic E-state index is 3.78. The zero-order valence-corrected chi connectivity index (χ0v) is 8.36. The van der Waals surface area contributed by atoms with Crippen molar-refractivity contribution in [1.29, 1.82) is 0 Å². The van der Waals surface area contributed by atoms with Crippen molar-refractivity contribution in [3.8, 4) is 0 Å². The molecule has 0 rings (SSSR count). The third-order valence-electron chi connectivity index (χ3n) is 1.42. The highest BCUT2D eigenvalue weighted by atomic mass is 14.7. The fourth-order valence-electron chi connectivity index (χ4n) is 0.427. The van der Waals surface area contributed by atoms with Crippen LogP contribution in [0, 0.1) is 0 Å². The molecular formula is C10H19N. The Labute approximate surface area is 70.5 Å². The number of aliphatic imine (C=N–C) groups is 1. The molecule has 0 spiro atoms. The lowest BCUT2D eigenvalue weighted by Crippen LogP contribution is -1.80. The lowest BCUT2D eigenvalue weighted by atomic mass is 10.1. The van der Waals surface area contributed by atoms with Gasteiger partial charge in [-0.3, -0.25) is 4.99 Å². The second kappa shape index (κ2) is 7.26. The van der Waals surface area contributed by atoms with Crippen LogP contribution in [0.2, 0.25) is 0 Å². The van der Waals surface area contributed by atoms with Crippen molar-refractivity contribution in [2.24, 2.45) is 4.99 Å². The Morgan fingerprint density at radius 2 is 1.45 bits per heavy atom. The Morgan fingerprint density at radius 1 is 1.09 bits per heavy atom. The SMILES string of the molecule is C=N/C(C)=C(\C)C(=C)C.CC. The molecule has 0 saturated heterocycles. The molecule has 0 aliphatic heterocycles. The third kappa shape index (κ3) is 5.59. The van der Waals surface area contributed by atoms with Crippen molar-refractivity contribution in [2.75, 3.05) is 0 Å². The molecular weight excluding hydrogens is 134 g/mol. The van der Waals surface area contributed by atoms with E-state index in [1.54, 1.807) is 0 Å². The van der Waals surface area contributed by atoms with Crippen LogP contribution in [0.5, 0.6) is 0 Å². The van der Waals surface area contributed by atoms with E-state index in [0.717, 1.165) is 16.8 Å². The first kappa shape index (κ1) is 12.8. The van der Waals surface area contributed by atoms with E-state index in [4.69, 9.17) is 0 Å². The van der Waals surface area contributed by atoms with Crippen LogP contribution in [0.3, 0.4) is 0 Å². The van der Waals surface area contributed by atoms with Crippen molar-refractivity contribution in [3.05, 3.63) is 23.4 Å². The summed E-state index contributed by atoms with van der Waals surface area (Å²) in [5.74, 6) is 0. The van der Waals surface area contributed by atoms with Gasteiger partial charge in [0.05, 0.1) is 0 Å². The summed E-state index contributed by atoms with van der Waals surface area (Å²) in [5.41, 5.74) is 3.15. The molecule has 0 unspecified atom stereocenters. The van der Waals surface area contributed by atoms with E-state index >= 15 is 0 Å². The highest BCUT2D eigenvalue weighted by molar-refractivity contribution is 5.35. The van der Waals surface area contributed by atoms with Crippen molar-refractivity contribution in [1.82, 2.24) is 0 Å². The van der Waals surface area contributed by atoms with E-state index in [0.29, 0.717) is 0 Å². The summed E-state index contributed by atoms with van der Waals surface area (Å²) < 4.78 is 0. The highest BCUT2D eigenvalue weighted by Gasteiger charge is 1.92. The Bertz CT molecular complexity index is 164. The summed E-state index contributed by atoms with van der Waals surface area (Å²) in [4.78, 5) is 3.78. The molecule has 0 amide bonds. The monoisotopic (exact) mass is 153 g/mol. The number of allylic oxidation sites excluding steroid dienone is 3. The van der Waals surface area contributed by atoms with Crippen LogP contribution < -0.4 is 0 Å². The fourth-order valence-corrected chi connectivity index (χ4v) is 0.427.